The minimum atomic E-state index is -1.10. The van der Waals surface area contributed by atoms with Crippen molar-refractivity contribution in [1.29, 1.82) is 0 Å². The van der Waals surface area contributed by atoms with Gasteiger partial charge in [-0.2, -0.15) is 0 Å². The molecular weight excluding hydrogens is 272 g/mol. The molecule has 1 atom stereocenters. The third-order valence-corrected chi connectivity index (χ3v) is 2.98. The molecule has 0 saturated heterocycles. The van der Waals surface area contributed by atoms with Crippen molar-refractivity contribution in [3.05, 3.63) is 42.1 Å². The topological polar surface area (TPSA) is 88.5 Å². The number of nitrogens with one attached hydrogen (secondary N) is 1. The second-order valence-corrected chi connectivity index (χ2v) is 4.59. The average Bonchev–Trinajstić information content (AvgIpc) is 2.46. The summed E-state index contributed by atoms with van der Waals surface area (Å²) in [5.41, 5.74) is 1.40. The van der Waals surface area contributed by atoms with Gasteiger partial charge < -0.3 is 15.2 Å². The number of hydrogen-bond donors (Lipinski definition) is 2. The van der Waals surface area contributed by atoms with Crippen LogP contribution in [-0.4, -0.2) is 41.7 Å². The number of hydrogen-bond acceptors (Lipinski definition) is 4. The maximum atomic E-state index is 11.4. The number of rotatable bonds is 6. The van der Waals surface area contributed by atoms with Crippen LogP contribution in [0.15, 0.2) is 36.4 Å². The van der Waals surface area contributed by atoms with Crippen LogP contribution in [0.1, 0.15) is 5.69 Å². The zero-order valence-corrected chi connectivity index (χ0v) is 11.6. The van der Waals surface area contributed by atoms with Crippen LogP contribution in [0.4, 0.5) is 0 Å². The maximum Gasteiger partial charge on any atom is 0.326 e. The van der Waals surface area contributed by atoms with Crippen LogP contribution in [0.5, 0.6) is 0 Å². The molecule has 2 aromatic rings. The van der Waals surface area contributed by atoms with E-state index < -0.39 is 17.9 Å². The summed E-state index contributed by atoms with van der Waals surface area (Å²) in [4.78, 5) is 27.1. The van der Waals surface area contributed by atoms with Gasteiger partial charge in [0.1, 0.15) is 12.6 Å². The first kappa shape index (κ1) is 14.9. The van der Waals surface area contributed by atoms with E-state index in [9.17, 15) is 14.7 Å². The molecule has 2 N–H and O–H groups in total. The van der Waals surface area contributed by atoms with Crippen molar-refractivity contribution in [3.63, 3.8) is 0 Å². The Morgan fingerprint density at radius 3 is 2.76 bits per heavy atom. The molecule has 1 amide bonds. The highest BCUT2D eigenvalue weighted by Crippen LogP contribution is 2.12. The lowest BCUT2D eigenvalue weighted by atomic mass is 10.1. The van der Waals surface area contributed by atoms with E-state index in [2.05, 4.69) is 15.0 Å². The number of para-hydroxylation sites is 1. The third kappa shape index (κ3) is 4.00. The van der Waals surface area contributed by atoms with Crippen LogP contribution in [0.25, 0.3) is 10.9 Å². The van der Waals surface area contributed by atoms with Gasteiger partial charge in [-0.25, -0.2) is 4.79 Å². The predicted octanol–water partition coefficient (Wildman–Crippen LogP) is 0.993. The number of aliphatic carboxylic acids is 1. The average molecular weight is 288 g/mol. The number of aromatic nitrogens is 1. The van der Waals surface area contributed by atoms with Gasteiger partial charge in [-0.1, -0.05) is 24.3 Å². The van der Waals surface area contributed by atoms with Crippen LogP contribution in [0.2, 0.25) is 0 Å². The lowest BCUT2D eigenvalue weighted by molar-refractivity contribution is -0.142. The number of fused-ring (bicyclic) bond motifs is 1. The molecule has 6 heteroatoms. The van der Waals surface area contributed by atoms with Crippen molar-refractivity contribution in [3.8, 4) is 0 Å². The summed E-state index contributed by atoms with van der Waals surface area (Å²) < 4.78 is 4.67. The number of carbonyl (C=O) groups is 2. The van der Waals surface area contributed by atoms with E-state index in [4.69, 9.17) is 0 Å². The first-order valence-corrected chi connectivity index (χ1v) is 6.46. The molecule has 1 aromatic heterocycles. The number of carbonyl (C=O) groups excluding carboxylic acids is 1. The highest BCUT2D eigenvalue weighted by Gasteiger charge is 2.20. The van der Waals surface area contributed by atoms with Crippen LogP contribution >= 0.6 is 0 Å². The summed E-state index contributed by atoms with van der Waals surface area (Å²) in [6.45, 7) is -0.172. The number of ether oxygens (including phenoxy) is 1. The molecule has 0 aliphatic carbocycles. The first-order chi connectivity index (χ1) is 10.1. The van der Waals surface area contributed by atoms with Crippen molar-refractivity contribution in [2.24, 2.45) is 0 Å². The Balaban J connectivity index is 2.14. The second-order valence-electron chi connectivity index (χ2n) is 4.59. The third-order valence-electron chi connectivity index (χ3n) is 2.98. The van der Waals surface area contributed by atoms with Crippen molar-refractivity contribution in [1.82, 2.24) is 10.3 Å². The molecule has 0 unspecified atom stereocenters. The van der Waals surface area contributed by atoms with Crippen LogP contribution < -0.4 is 5.32 Å². The molecule has 0 bridgehead atoms. The Morgan fingerprint density at radius 1 is 1.29 bits per heavy atom. The van der Waals surface area contributed by atoms with E-state index in [1.807, 2.05) is 30.3 Å². The smallest absolute Gasteiger partial charge is 0.326 e. The van der Waals surface area contributed by atoms with Gasteiger partial charge in [-0.15, -0.1) is 0 Å². The highest BCUT2D eigenvalue weighted by molar-refractivity contribution is 5.84. The number of carboxylic acid groups (broad SMARTS) is 1. The molecule has 0 fully saturated rings. The monoisotopic (exact) mass is 288 g/mol. The van der Waals surface area contributed by atoms with E-state index in [1.54, 1.807) is 6.07 Å². The van der Waals surface area contributed by atoms with E-state index in [0.717, 1.165) is 10.9 Å². The van der Waals surface area contributed by atoms with Crippen molar-refractivity contribution in [2.75, 3.05) is 13.7 Å². The Bertz CT molecular complexity index is 657. The summed E-state index contributed by atoms with van der Waals surface area (Å²) in [6, 6.07) is 10.2. The number of pyridine rings is 1. The van der Waals surface area contributed by atoms with Gasteiger partial charge in [-0.05, 0) is 12.1 Å². The van der Waals surface area contributed by atoms with Crippen LogP contribution in [0, 0.1) is 0 Å². The molecule has 0 spiro atoms. The predicted molar refractivity (Wildman–Crippen MR) is 76.9 cm³/mol. The number of nitrogens with zero attached hydrogens (tertiary/aromatic N) is 1. The fraction of sp³-hybridized carbons (Fsp3) is 0.267. The number of methoxy groups -OCH3 is 1. The van der Waals surface area contributed by atoms with E-state index in [1.165, 1.54) is 7.11 Å². The Morgan fingerprint density at radius 2 is 2.05 bits per heavy atom. The summed E-state index contributed by atoms with van der Waals surface area (Å²) in [7, 11) is 1.38. The zero-order valence-electron chi connectivity index (χ0n) is 11.6. The largest absolute Gasteiger partial charge is 0.480 e. The Labute approximate surface area is 121 Å². The lowest BCUT2D eigenvalue weighted by Crippen LogP contribution is -2.43. The standard InChI is InChI=1S/C15H16N2O4/c1-21-9-14(18)17-13(15(19)20)8-11-7-6-10-4-2-3-5-12(10)16-11/h2-7,13H,8-9H2,1H3,(H,17,18)(H,19,20)/t13-/m0/s1. The molecular formula is C15H16N2O4. The van der Waals surface area contributed by atoms with Gasteiger partial charge in [0.15, 0.2) is 0 Å². The van der Waals surface area contributed by atoms with E-state index in [-0.39, 0.29) is 13.0 Å². The quantitative estimate of drug-likeness (QED) is 0.827. The summed E-state index contributed by atoms with van der Waals surface area (Å²) in [5, 5.41) is 12.6. The lowest BCUT2D eigenvalue weighted by Gasteiger charge is -2.14. The SMILES string of the molecule is COCC(=O)N[C@@H](Cc1ccc2ccccc2n1)C(=O)O. The van der Waals surface area contributed by atoms with Crippen LogP contribution in [-0.2, 0) is 20.7 Å². The van der Waals surface area contributed by atoms with Gasteiger partial charge >= 0.3 is 5.97 Å². The molecule has 0 aliphatic heterocycles. The van der Waals surface area contributed by atoms with Gasteiger partial charge in [0.2, 0.25) is 5.91 Å². The van der Waals surface area contributed by atoms with Gasteiger partial charge in [0.25, 0.3) is 0 Å². The summed E-state index contributed by atoms with van der Waals surface area (Å²) in [5.74, 6) is -1.57. The molecule has 1 aromatic carbocycles. The van der Waals surface area contributed by atoms with Crippen molar-refractivity contribution < 1.29 is 19.4 Å². The van der Waals surface area contributed by atoms with E-state index in [0.29, 0.717) is 5.69 Å². The van der Waals surface area contributed by atoms with Gasteiger partial charge in [0, 0.05) is 24.6 Å². The normalized spacial score (nSPS) is 12.0. The van der Waals surface area contributed by atoms with Gasteiger partial charge in [-0.3, -0.25) is 9.78 Å². The maximum absolute atomic E-state index is 11.4. The Hall–Kier alpha value is -2.47. The fourth-order valence-corrected chi connectivity index (χ4v) is 2.00. The number of carboxylic acids is 1. The van der Waals surface area contributed by atoms with Crippen molar-refractivity contribution >= 4 is 22.8 Å². The first-order valence-electron chi connectivity index (χ1n) is 6.46. The van der Waals surface area contributed by atoms with E-state index >= 15 is 0 Å². The summed E-state index contributed by atoms with van der Waals surface area (Å²) in [6.07, 6.45) is 0.121. The second kappa shape index (κ2) is 6.81. The molecule has 1 heterocycles. The summed E-state index contributed by atoms with van der Waals surface area (Å²) >= 11 is 0. The minimum Gasteiger partial charge on any atom is -0.480 e. The zero-order chi connectivity index (χ0) is 15.2. The van der Waals surface area contributed by atoms with Gasteiger partial charge in [0.05, 0.1) is 5.52 Å². The molecule has 0 saturated carbocycles. The molecule has 2 rings (SSSR count). The minimum absolute atomic E-state index is 0.121. The Kier molecular flexibility index (Phi) is 4.84. The molecule has 0 radical (unpaired) electrons. The molecule has 21 heavy (non-hydrogen) atoms. The molecule has 0 aliphatic rings. The molecule has 110 valence electrons. The molecule has 6 nitrogen and oxygen atoms in total. The highest BCUT2D eigenvalue weighted by atomic mass is 16.5. The number of benzene rings is 1. The fourth-order valence-electron chi connectivity index (χ4n) is 2.00. The van der Waals surface area contributed by atoms with Crippen LogP contribution in [0.3, 0.4) is 0 Å². The number of amides is 1. The van der Waals surface area contributed by atoms with Crippen molar-refractivity contribution in [2.45, 2.75) is 12.5 Å².